The van der Waals surface area contributed by atoms with Gasteiger partial charge in [0, 0.05) is 19.3 Å². The summed E-state index contributed by atoms with van der Waals surface area (Å²) in [7, 11) is 0. The Morgan fingerprint density at radius 2 is 1.86 bits per heavy atom. The second-order valence-corrected chi connectivity index (χ2v) is 3.52. The highest BCUT2D eigenvalue weighted by atomic mass is 15.2. The van der Waals surface area contributed by atoms with Crippen molar-refractivity contribution in [2.45, 2.75) is 34.1 Å². The Kier molecular flexibility index (Phi) is 3.93. The molecule has 0 aliphatic rings. The first kappa shape index (κ1) is 11.0. The topological polar surface area (TPSA) is 16.1 Å². The summed E-state index contributed by atoms with van der Waals surface area (Å²) in [6.07, 6.45) is 3.01. The average molecular weight is 192 g/mol. The second kappa shape index (κ2) is 4.99. The Bertz CT molecular complexity index is 290. The summed E-state index contributed by atoms with van der Waals surface area (Å²) in [6.45, 7) is 10.7. The Hall–Kier alpha value is -1.05. The maximum atomic E-state index is 4.52. The van der Waals surface area contributed by atoms with Crippen molar-refractivity contribution in [1.82, 2.24) is 4.98 Å². The van der Waals surface area contributed by atoms with Gasteiger partial charge in [0.05, 0.1) is 0 Å². The molecule has 0 unspecified atom stereocenters. The normalized spacial score (nSPS) is 10.3. The van der Waals surface area contributed by atoms with E-state index in [2.05, 4.69) is 43.6 Å². The molecule has 0 radical (unpaired) electrons. The molecule has 78 valence electrons. The molecule has 0 aliphatic carbocycles. The van der Waals surface area contributed by atoms with E-state index < -0.39 is 0 Å². The number of aryl methyl sites for hydroxylation is 2. The lowest BCUT2D eigenvalue weighted by atomic mass is 10.1. The van der Waals surface area contributed by atoms with Crippen LogP contribution in [0.4, 0.5) is 5.82 Å². The van der Waals surface area contributed by atoms with Crippen LogP contribution in [0.15, 0.2) is 12.3 Å². The monoisotopic (exact) mass is 192 g/mol. The minimum Gasteiger partial charge on any atom is -0.357 e. The van der Waals surface area contributed by atoms with Crippen LogP contribution in [0.3, 0.4) is 0 Å². The Morgan fingerprint density at radius 3 is 2.36 bits per heavy atom. The van der Waals surface area contributed by atoms with Crippen LogP contribution in [0.2, 0.25) is 0 Å². The van der Waals surface area contributed by atoms with Crippen molar-refractivity contribution in [3.05, 3.63) is 23.4 Å². The number of aromatic nitrogens is 1. The number of hydrogen-bond donors (Lipinski definition) is 0. The molecule has 1 heterocycles. The molecule has 0 amide bonds. The molecule has 14 heavy (non-hydrogen) atoms. The molecular formula is C12H20N2. The van der Waals surface area contributed by atoms with Crippen LogP contribution < -0.4 is 4.90 Å². The maximum absolute atomic E-state index is 4.52. The average Bonchev–Trinajstić information content (AvgIpc) is 2.21. The van der Waals surface area contributed by atoms with Crippen molar-refractivity contribution in [2.75, 3.05) is 18.0 Å². The van der Waals surface area contributed by atoms with E-state index in [0.717, 1.165) is 25.3 Å². The van der Waals surface area contributed by atoms with Crippen LogP contribution >= 0.6 is 0 Å². The number of pyridine rings is 1. The van der Waals surface area contributed by atoms with Gasteiger partial charge in [-0.15, -0.1) is 0 Å². The van der Waals surface area contributed by atoms with Gasteiger partial charge in [-0.2, -0.15) is 0 Å². The third-order valence-corrected chi connectivity index (χ3v) is 2.52. The van der Waals surface area contributed by atoms with Gasteiger partial charge >= 0.3 is 0 Å². The second-order valence-electron chi connectivity index (χ2n) is 3.52. The summed E-state index contributed by atoms with van der Waals surface area (Å²) in [6, 6.07) is 2.24. The molecule has 1 aromatic heterocycles. The SMILES string of the molecule is CCc1cc(C)cnc1N(CC)CC. The first-order valence-corrected chi connectivity index (χ1v) is 5.43. The molecule has 2 heteroatoms. The van der Waals surface area contributed by atoms with Gasteiger partial charge in [0.15, 0.2) is 0 Å². The predicted molar refractivity (Wildman–Crippen MR) is 61.9 cm³/mol. The quantitative estimate of drug-likeness (QED) is 0.729. The highest BCUT2D eigenvalue weighted by Gasteiger charge is 2.08. The van der Waals surface area contributed by atoms with Gasteiger partial charge < -0.3 is 4.90 Å². The minimum absolute atomic E-state index is 1.03. The zero-order chi connectivity index (χ0) is 10.6. The van der Waals surface area contributed by atoms with E-state index in [9.17, 15) is 0 Å². The Labute approximate surface area is 87.0 Å². The third-order valence-electron chi connectivity index (χ3n) is 2.52. The van der Waals surface area contributed by atoms with E-state index in [1.165, 1.54) is 11.1 Å². The largest absolute Gasteiger partial charge is 0.357 e. The molecule has 1 rings (SSSR count). The van der Waals surface area contributed by atoms with Gasteiger partial charge in [-0.3, -0.25) is 0 Å². The minimum atomic E-state index is 1.03. The summed E-state index contributed by atoms with van der Waals surface area (Å²) in [5.74, 6) is 1.16. The van der Waals surface area contributed by atoms with E-state index in [1.54, 1.807) is 0 Å². The molecule has 0 fully saturated rings. The van der Waals surface area contributed by atoms with Gasteiger partial charge in [0.1, 0.15) is 5.82 Å². The summed E-state index contributed by atoms with van der Waals surface area (Å²) < 4.78 is 0. The fourth-order valence-corrected chi connectivity index (χ4v) is 1.69. The molecule has 0 atom stereocenters. The lowest BCUT2D eigenvalue weighted by Gasteiger charge is -2.22. The van der Waals surface area contributed by atoms with Gasteiger partial charge in [0.2, 0.25) is 0 Å². The third kappa shape index (κ3) is 2.25. The zero-order valence-corrected chi connectivity index (χ0v) is 9.67. The van der Waals surface area contributed by atoms with Crippen LogP contribution in [-0.4, -0.2) is 18.1 Å². The maximum Gasteiger partial charge on any atom is 0.131 e. The summed E-state index contributed by atoms with van der Waals surface area (Å²) in [5, 5.41) is 0. The van der Waals surface area contributed by atoms with Crippen molar-refractivity contribution < 1.29 is 0 Å². The highest BCUT2D eigenvalue weighted by molar-refractivity contribution is 5.47. The van der Waals surface area contributed by atoms with Gasteiger partial charge in [-0.05, 0) is 38.3 Å². The summed E-state index contributed by atoms with van der Waals surface area (Å²) in [4.78, 5) is 6.82. The van der Waals surface area contributed by atoms with E-state index in [-0.39, 0.29) is 0 Å². The standard InChI is InChI=1S/C12H20N2/c1-5-11-8-10(4)9-13-12(11)14(6-2)7-3/h8-9H,5-7H2,1-4H3. The van der Waals surface area contributed by atoms with Crippen LogP contribution in [-0.2, 0) is 6.42 Å². The number of rotatable bonds is 4. The fourth-order valence-electron chi connectivity index (χ4n) is 1.69. The van der Waals surface area contributed by atoms with Crippen LogP contribution in [0, 0.1) is 6.92 Å². The number of nitrogens with zero attached hydrogens (tertiary/aromatic N) is 2. The zero-order valence-electron chi connectivity index (χ0n) is 9.67. The Balaban J connectivity index is 3.06. The lowest BCUT2D eigenvalue weighted by molar-refractivity contribution is 0.832. The van der Waals surface area contributed by atoms with Crippen molar-refractivity contribution in [1.29, 1.82) is 0 Å². The molecule has 0 spiro atoms. The number of anilines is 1. The molecule has 0 aliphatic heterocycles. The molecule has 0 aromatic carbocycles. The number of hydrogen-bond acceptors (Lipinski definition) is 2. The van der Waals surface area contributed by atoms with Crippen molar-refractivity contribution >= 4 is 5.82 Å². The Morgan fingerprint density at radius 1 is 1.21 bits per heavy atom. The lowest BCUT2D eigenvalue weighted by Crippen LogP contribution is -2.24. The van der Waals surface area contributed by atoms with Gasteiger partial charge in [-0.25, -0.2) is 4.98 Å². The van der Waals surface area contributed by atoms with E-state index in [0.29, 0.717) is 0 Å². The van der Waals surface area contributed by atoms with Crippen molar-refractivity contribution in [3.63, 3.8) is 0 Å². The highest BCUT2D eigenvalue weighted by Crippen LogP contribution is 2.18. The van der Waals surface area contributed by atoms with Gasteiger partial charge in [0.25, 0.3) is 0 Å². The smallest absolute Gasteiger partial charge is 0.131 e. The summed E-state index contributed by atoms with van der Waals surface area (Å²) >= 11 is 0. The molecule has 0 saturated heterocycles. The fraction of sp³-hybridized carbons (Fsp3) is 0.583. The van der Waals surface area contributed by atoms with E-state index in [1.807, 2.05) is 6.20 Å². The molecule has 0 N–H and O–H groups in total. The molecule has 0 saturated carbocycles. The first-order valence-electron chi connectivity index (χ1n) is 5.43. The van der Waals surface area contributed by atoms with Crippen LogP contribution in [0.25, 0.3) is 0 Å². The summed E-state index contributed by atoms with van der Waals surface area (Å²) in [5.41, 5.74) is 2.60. The first-order chi connectivity index (χ1) is 6.72. The van der Waals surface area contributed by atoms with Crippen molar-refractivity contribution in [2.24, 2.45) is 0 Å². The van der Waals surface area contributed by atoms with Crippen LogP contribution in [0.1, 0.15) is 31.9 Å². The molecule has 0 bridgehead atoms. The van der Waals surface area contributed by atoms with Crippen molar-refractivity contribution in [3.8, 4) is 0 Å². The van der Waals surface area contributed by atoms with Gasteiger partial charge in [-0.1, -0.05) is 13.0 Å². The van der Waals surface area contributed by atoms with Crippen LogP contribution in [0.5, 0.6) is 0 Å². The molecular weight excluding hydrogens is 172 g/mol. The molecule has 2 nitrogen and oxygen atoms in total. The predicted octanol–water partition coefficient (Wildman–Crippen LogP) is 2.80. The molecule has 1 aromatic rings. The van der Waals surface area contributed by atoms with E-state index >= 15 is 0 Å². The van der Waals surface area contributed by atoms with E-state index in [4.69, 9.17) is 0 Å².